The molecule has 59 valence electrons. The van der Waals surface area contributed by atoms with E-state index in [-0.39, 0.29) is 0 Å². The van der Waals surface area contributed by atoms with Crippen LogP contribution < -0.4 is 10.5 Å². The molecule has 0 bridgehead atoms. The van der Waals surface area contributed by atoms with Crippen LogP contribution in [0, 0.1) is 6.42 Å². The second-order valence-electron chi connectivity index (χ2n) is 2.29. The van der Waals surface area contributed by atoms with Crippen LogP contribution in [0.25, 0.3) is 0 Å². The van der Waals surface area contributed by atoms with Crippen LogP contribution in [0.3, 0.4) is 0 Å². The van der Waals surface area contributed by atoms with Gasteiger partial charge in [-0.25, -0.2) is 0 Å². The lowest BCUT2D eigenvalue weighted by molar-refractivity contribution is 0.349. The molecule has 0 aliphatic carbocycles. The molecule has 11 heavy (non-hydrogen) atoms. The van der Waals surface area contributed by atoms with Crippen molar-refractivity contribution in [1.29, 1.82) is 0 Å². The summed E-state index contributed by atoms with van der Waals surface area (Å²) in [6.45, 7) is 2.60. The second kappa shape index (κ2) is 3.86. The van der Waals surface area contributed by atoms with E-state index in [0.29, 0.717) is 6.61 Å². The molecule has 0 heterocycles. The van der Waals surface area contributed by atoms with Gasteiger partial charge in [-0.05, 0) is 30.7 Å². The summed E-state index contributed by atoms with van der Waals surface area (Å²) in [5, 5.41) is 0. The van der Waals surface area contributed by atoms with Gasteiger partial charge in [0.25, 0.3) is 0 Å². The Balaban J connectivity index is 2.52. The van der Waals surface area contributed by atoms with E-state index in [4.69, 9.17) is 10.5 Å². The van der Waals surface area contributed by atoms with Crippen molar-refractivity contribution in [1.82, 2.24) is 0 Å². The Labute approximate surface area is 67.0 Å². The first kappa shape index (κ1) is 7.92. The SMILES string of the molecule is C[CH]COc1ccc(N)cc1. The summed E-state index contributed by atoms with van der Waals surface area (Å²) in [6.07, 6.45) is 1.95. The summed E-state index contributed by atoms with van der Waals surface area (Å²) >= 11 is 0. The summed E-state index contributed by atoms with van der Waals surface area (Å²) in [4.78, 5) is 0. The van der Waals surface area contributed by atoms with Gasteiger partial charge in [0.15, 0.2) is 0 Å². The molecule has 1 aromatic carbocycles. The predicted molar refractivity (Wildman–Crippen MR) is 46.3 cm³/mol. The predicted octanol–water partition coefficient (Wildman–Crippen LogP) is 1.87. The Bertz CT molecular complexity index is 205. The van der Waals surface area contributed by atoms with Crippen molar-refractivity contribution >= 4 is 5.69 Å². The third kappa shape index (κ3) is 2.50. The van der Waals surface area contributed by atoms with Gasteiger partial charge in [0.05, 0.1) is 6.61 Å². The zero-order valence-corrected chi connectivity index (χ0v) is 6.58. The van der Waals surface area contributed by atoms with Crippen LogP contribution in [0.1, 0.15) is 6.92 Å². The van der Waals surface area contributed by atoms with Crippen molar-refractivity contribution in [3.8, 4) is 5.75 Å². The highest BCUT2D eigenvalue weighted by molar-refractivity contribution is 5.41. The highest BCUT2D eigenvalue weighted by Crippen LogP contribution is 2.12. The standard InChI is InChI=1S/C9H12NO/c1-2-7-11-9-5-3-8(10)4-6-9/h2-6H,7,10H2,1H3. The van der Waals surface area contributed by atoms with Gasteiger partial charge in [0.2, 0.25) is 0 Å². The Morgan fingerprint density at radius 3 is 2.55 bits per heavy atom. The van der Waals surface area contributed by atoms with Gasteiger partial charge in [-0.3, -0.25) is 0 Å². The van der Waals surface area contributed by atoms with E-state index in [1.54, 1.807) is 0 Å². The van der Waals surface area contributed by atoms with Crippen LogP contribution in [0.2, 0.25) is 0 Å². The second-order valence-corrected chi connectivity index (χ2v) is 2.29. The zero-order valence-electron chi connectivity index (χ0n) is 6.58. The van der Waals surface area contributed by atoms with Crippen LogP contribution in [0.4, 0.5) is 5.69 Å². The van der Waals surface area contributed by atoms with Crippen LogP contribution in [-0.4, -0.2) is 6.61 Å². The summed E-state index contributed by atoms with van der Waals surface area (Å²) in [7, 11) is 0. The molecule has 0 atom stereocenters. The average molecular weight is 150 g/mol. The van der Waals surface area contributed by atoms with Gasteiger partial charge in [-0.1, -0.05) is 6.92 Å². The Morgan fingerprint density at radius 1 is 1.36 bits per heavy atom. The topological polar surface area (TPSA) is 35.2 Å². The smallest absolute Gasteiger partial charge is 0.119 e. The molecule has 0 aliphatic heterocycles. The van der Waals surface area contributed by atoms with Crippen molar-refractivity contribution in [2.24, 2.45) is 0 Å². The number of rotatable bonds is 3. The number of anilines is 1. The fraction of sp³-hybridized carbons (Fsp3) is 0.222. The van der Waals surface area contributed by atoms with E-state index in [9.17, 15) is 0 Å². The van der Waals surface area contributed by atoms with Gasteiger partial charge in [0, 0.05) is 5.69 Å². The first-order valence-corrected chi connectivity index (χ1v) is 3.59. The molecular weight excluding hydrogens is 138 g/mol. The zero-order chi connectivity index (χ0) is 8.10. The number of hydrogen-bond donors (Lipinski definition) is 1. The maximum Gasteiger partial charge on any atom is 0.119 e. The highest BCUT2D eigenvalue weighted by Gasteiger charge is 1.90. The first-order valence-electron chi connectivity index (χ1n) is 3.59. The average Bonchev–Trinajstić information content (AvgIpc) is 2.04. The normalized spacial score (nSPS) is 9.55. The quantitative estimate of drug-likeness (QED) is 0.667. The number of hydrogen-bond acceptors (Lipinski definition) is 2. The number of nitrogen functional groups attached to an aromatic ring is 1. The van der Waals surface area contributed by atoms with E-state index < -0.39 is 0 Å². The Morgan fingerprint density at radius 2 is 2.00 bits per heavy atom. The van der Waals surface area contributed by atoms with Crippen LogP contribution in [0.5, 0.6) is 5.75 Å². The van der Waals surface area contributed by atoms with Crippen molar-refractivity contribution in [3.63, 3.8) is 0 Å². The largest absolute Gasteiger partial charge is 0.493 e. The monoisotopic (exact) mass is 150 g/mol. The van der Waals surface area contributed by atoms with Gasteiger partial charge in [0.1, 0.15) is 5.75 Å². The molecule has 0 saturated heterocycles. The van der Waals surface area contributed by atoms with Crippen molar-refractivity contribution in [3.05, 3.63) is 30.7 Å². The summed E-state index contributed by atoms with van der Waals surface area (Å²) < 4.78 is 5.30. The molecule has 1 rings (SSSR count). The molecular formula is C9H12NO. The summed E-state index contributed by atoms with van der Waals surface area (Å²) in [6, 6.07) is 7.37. The molecule has 0 aliphatic rings. The summed E-state index contributed by atoms with van der Waals surface area (Å²) in [5.74, 6) is 0.859. The van der Waals surface area contributed by atoms with Crippen molar-refractivity contribution in [2.75, 3.05) is 12.3 Å². The lowest BCUT2D eigenvalue weighted by Crippen LogP contribution is -1.95. The lowest BCUT2D eigenvalue weighted by atomic mass is 10.3. The van der Waals surface area contributed by atoms with E-state index in [1.165, 1.54) is 0 Å². The summed E-state index contributed by atoms with van der Waals surface area (Å²) in [5.41, 5.74) is 6.25. The fourth-order valence-electron chi connectivity index (χ4n) is 0.744. The maximum atomic E-state index is 5.49. The van der Waals surface area contributed by atoms with Crippen LogP contribution >= 0.6 is 0 Å². The van der Waals surface area contributed by atoms with E-state index >= 15 is 0 Å². The first-order chi connectivity index (χ1) is 5.33. The fourth-order valence-corrected chi connectivity index (χ4v) is 0.744. The van der Waals surface area contributed by atoms with Gasteiger partial charge in [-0.2, -0.15) is 0 Å². The molecule has 0 spiro atoms. The third-order valence-electron chi connectivity index (χ3n) is 1.30. The molecule has 1 radical (unpaired) electrons. The molecule has 2 heteroatoms. The minimum Gasteiger partial charge on any atom is -0.493 e. The Hall–Kier alpha value is -1.18. The van der Waals surface area contributed by atoms with Crippen molar-refractivity contribution in [2.45, 2.75) is 6.92 Å². The number of benzene rings is 1. The van der Waals surface area contributed by atoms with Gasteiger partial charge < -0.3 is 10.5 Å². The minimum atomic E-state index is 0.643. The van der Waals surface area contributed by atoms with Crippen LogP contribution in [-0.2, 0) is 0 Å². The van der Waals surface area contributed by atoms with E-state index in [2.05, 4.69) is 0 Å². The molecule has 0 fully saturated rings. The highest BCUT2D eigenvalue weighted by atomic mass is 16.5. The molecule has 0 amide bonds. The van der Waals surface area contributed by atoms with E-state index in [0.717, 1.165) is 11.4 Å². The molecule has 2 N–H and O–H groups in total. The van der Waals surface area contributed by atoms with E-state index in [1.807, 2.05) is 37.6 Å². The molecule has 2 nitrogen and oxygen atoms in total. The number of ether oxygens (including phenoxy) is 1. The van der Waals surface area contributed by atoms with Crippen molar-refractivity contribution < 1.29 is 4.74 Å². The molecule has 0 saturated carbocycles. The van der Waals surface area contributed by atoms with Gasteiger partial charge in [-0.15, -0.1) is 0 Å². The Kier molecular flexibility index (Phi) is 2.78. The molecule has 1 aromatic rings. The minimum absolute atomic E-state index is 0.643. The molecule has 0 aromatic heterocycles. The van der Waals surface area contributed by atoms with Crippen LogP contribution in [0.15, 0.2) is 24.3 Å². The maximum absolute atomic E-state index is 5.49. The third-order valence-corrected chi connectivity index (χ3v) is 1.30. The number of nitrogens with two attached hydrogens (primary N) is 1. The van der Waals surface area contributed by atoms with Gasteiger partial charge >= 0.3 is 0 Å². The lowest BCUT2D eigenvalue weighted by Gasteiger charge is -2.03. The molecule has 0 unspecified atom stereocenters.